The highest BCUT2D eigenvalue weighted by molar-refractivity contribution is 6.00. The second-order valence-corrected chi connectivity index (χ2v) is 12.6. The Hall–Kier alpha value is -3.63. The first-order valence-corrected chi connectivity index (χ1v) is 16.6. The van der Waals surface area contributed by atoms with E-state index in [1.54, 1.807) is 6.07 Å². The fourth-order valence-electron chi connectivity index (χ4n) is 7.08. The van der Waals surface area contributed by atoms with E-state index in [1.165, 1.54) is 12.1 Å². The largest absolute Gasteiger partial charge is 0.490 e. The van der Waals surface area contributed by atoms with Crippen molar-refractivity contribution in [2.45, 2.75) is 95.9 Å². The second kappa shape index (κ2) is 14.6. The van der Waals surface area contributed by atoms with Gasteiger partial charge < -0.3 is 29.9 Å². The van der Waals surface area contributed by atoms with Crippen molar-refractivity contribution in [1.29, 1.82) is 0 Å². The molecule has 10 heteroatoms. The van der Waals surface area contributed by atoms with Gasteiger partial charge in [-0.3, -0.25) is 14.5 Å². The fourth-order valence-corrected chi connectivity index (χ4v) is 7.08. The first kappa shape index (κ1) is 32.8. The molecule has 3 aliphatic rings. The van der Waals surface area contributed by atoms with Crippen LogP contribution in [0.2, 0.25) is 0 Å². The van der Waals surface area contributed by atoms with E-state index in [0.717, 1.165) is 50.5 Å². The van der Waals surface area contributed by atoms with E-state index in [2.05, 4.69) is 17.1 Å². The summed E-state index contributed by atoms with van der Waals surface area (Å²) in [6, 6.07) is 11.4. The SMILES string of the molecule is CCCCN1C(=O)[C@@H](C(O)C2CCCCC2)NC(=O)C12CCN(Cc1ccc(Oc3ccc(C(=O)O)cc3OCC)cc1)CC2. The Kier molecular flexibility index (Phi) is 10.7. The van der Waals surface area contributed by atoms with Crippen molar-refractivity contribution in [2.75, 3.05) is 26.2 Å². The summed E-state index contributed by atoms with van der Waals surface area (Å²) in [5.41, 5.74) is 0.342. The first-order chi connectivity index (χ1) is 21.8. The predicted octanol–water partition coefficient (Wildman–Crippen LogP) is 4.98. The minimum absolute atomic E-state index is 0.0536. The molecule has 2 aromatic rings. The summed E-state index contributed by atoms with van der Waals surface area (Å²) in [6.45, 7) is 6.86. The number of carboxylic acid groups (broad SMARTS) is 1. The molecule has 1 spiro atoms. The number of rotatable bonds is 12. The summed E-state index contributed by atoms with van der Waals surface area (Å²) in [4.78, 5) is 43.1. The van der Waals surface area contributed by atoms with Gasteiger partial charge in [0.1, 0.15) is 17.3 Å². The van der Waals surface area contributed by atoms with Gasteiger partial charge in [-0.25, -0.2) is 4.79 Å². The van der Waals surface area contributed by atoms with Crippen molar-refractivity contribution < 1.29 is 34.1 Å². The van der Waals surface area contributed by atoms with E-state index >= 15 is 0 Å². The Morgan fingerprint density at radius 1 is 1.02 bits per heavy atom. The van der Waals surface area contributed by atoms with Gasteiger partial charge in [0.25, 0.3) is 0 Å². The van der Waals surface area contributed by atoms with Crippen LogP contribution in [-0.4, -0.2) is 81.7 Å². The standard InChI is InChI=1S/C35H47N3O7/c1-3-5-19-38-32(40)30(31(39)25-9-7-6-8-10-25)36-34(43)35(38)17-20-37(21-18-35)23-24-11-14-27(15-12-24)45-28-16-13-26(33(41)42)22-29(28)44-4-2/h11-16,22,25,30-31,39H,3-10,17-21,23H2,1-2H3,(H,36,43)(H,41,42)/t30-,31?/m1/s1. The van der Waals surface area contributed by atoms with Gasteiger partial charge in [-0.05, 0) is 80.8 Å². The average Bonchev–Trinajstić information content (AvgIpc) is 3.05. The molecule has 1 unspecified atom stereocenters. The van der Waals surface area contributed by atoms with Gasteiger partial charge >= 0.3 is 5.97 Å². The van der Waals surface area contributed by atoms with Gasteiger partial charge in [0.2, 0.25) is 11.8 Å². The van der Waals surface area contributed by atoms with Gasteiger partial charge in [0, 0.05) is 26.2 Å². The molecule has 2 heterocycles. The third kappa shape index (κ3) is 7.28. The number of benzene rings is 2. The summed E-state index contributed by atoms with van der Waals surface area (Å²) in [6.07, 6.45) is 7.08. The molecular weight excluding hydrogens is 574 g/mol. The van der Waals surface area contributed by atoms with Crippen LogP contribution >= 0.6 is 0 Å². The van der Waals surface area contributed by atoms with Crippen LogP contribution in [0, 0.1) is 5.92 Å². The number of nitrogens with zero attached hydrogens (tertiary/aromatic N) is 2. The summed E-state index contributed by atoms with van der Waals surface area (Å²) in [7, 11) is 0. The van der Waals surface area contributed by atoms with Crippen molar-refractivity contribution >= 4 is 17.8 Å². The molecule has 3 N–H and O–H groups in total. The molecule has 1 saturated carbocycles. The predicted molar refractivity (Wildman–Crippen MR) is 169 cm³/mol. The minimum atomic E-state index is -1.03. The number of carbonyl (C=O) groups excluding carboxylic acids is 2. The Labute approximate surface area is 265 Å². The normalized spacial score (nSPS) is 21.4. The van der Waals surface area contributed by atoms with E-state index in [9.17, 15) is 24.6 Å². The maximum atomic E-state index is 13.9. The molecule has 1 aliphatic carbocycles. The molecule has 0 bridgehead atoms. The minimum Gasteiger partial charge on any atom is -0.490 e. The zero-order chi connectivity index (χ0) is 32.0. The number of carbonyl (C=O) groups is 3. The molecule has 2 amide bonds. The third-order valence-electron chi connectivity index (χ3n) is 9.70. The molecule has 5 rings (SSSR count). The molecule has 10 nitrogen and oxygen atoms in total. The van der Waals surface area contributed by atoms with Crippen molar-refractivity contribution in [1.82, 2.24) is 15.1 Å². The Morgan fingerprint density at radius 2 is 1.73 bits per heavy atom. The molecule has 3 fully saturated rings. The molecular formula is C35H47N3O7. The van der Waals surface area contributed by atoms with Crippen LogP contribution in [-0.2, 0) is 16.1 Å². The lowest BCUT2D eigenvalue weighted by molar-refractivity contribution is -0.166. The maximum absolute atomic E-state index is 13.9. The number of aliphatic hydroxyl groups excluding tert-OH is 1. The molecule has 0 aromatic heterocycles. The summed E-state index contributed by atoms with van der Waals surface area (Å²) < 4.78 is 11.6. The number of piperazine rings is 1. The highest BCUT2D eigenvalue weighted by atomic mass is 16.5. The average molecular weight is 622 g/mol. The zero-order valence-corrected chi connectivity index (χ0v) is 26.5. The van der Waals surface area contributed by atoms with E-state index < -0.39 is 23.7 Å². The Morgan fingerprint density at radius 3 is 2.38 bits per heavy atom. The smallest absolute Gasteiger partial charge is 0.335 e. The van der Waals surface area contributed by atoms with Crippen LogP contribution in [0.25, 0.3) is 0 Å². The molecule has 2 aliphatic heterocycles. The Balaban J connectivity index is 1.21. The highest BCUT2D eigenvalue weighted by Crippen LogP contribution is 2.37. The number of carboxylic acids is 1. The molecule has 2 atom stereocenters. The van der Waals surface area contributed by atoms with E-state index in [0.29, 0.717) is 62.9 Å². The molecule has 244 valence electrons. The molecule has 2 aromatic carbocycles. The lowest BCUT2D eigenvalue weighted by atomic mass is 9.78. The van der Waals surface area contributed by atoms with Crippen molar-refractivity contribution in [3.63, 3.8) is 0 Å². The number of amides is 2. The van der Waals surface area contributed by atoms with Crippen LogP contribution in [0.15, 0.2) is 42.5 Å². The number of aromatic carboxylic acids is 1. The first-order valence-electron chi connectivity index (χ1n) is 16.6. The fraction of sp³-hybridized carbons (Fsp3) is 0.571. The summed E-state index contributed by atoms with van der Waals surface area (Å²) in [5, 5.41) is 23.5. The van der Waals surface area contributed by atoms with Crippen LogP contribution in [0.3, 0.4) is 0 Å². The van der Waals surface area contributed by atoms with Gasteiger partial charge in [-0.1, -0.05) is 44.7 Å². The number of piperidine rings is 1. The second-order valence-electron chi connectivity index (χ2n) is 12.6. The van der Waals surface area contributed by atoms with Gasteiger partial charge in [0.05, 0.1) is 18.3 Å². The number of aliphatic hydroxyl groups is 1. The summed E-state index contributed by atoms with van der Waals surface area (Å²) >= 11 is 0. The van der Waals surface area contributed by atoms with Gasteiger partial charge in [0.15, 0.2) is 11.5 Å². The molecule has 0 radical (unpaired) electrons. The van der Waals surface area contributed by atoms with Gasteiger partial charge in [-0.15, -0.1) is 0 Å². The maximum Gasteiger partial charge on any atom is 0.335 e. The lowest BCUT2D eigenvalue weighted by Gasteiger charge is -2.52. The molecule has 2 saturated heterocycles. The monoisotopic (exact) mass is 621 g/mol. The highest BCUT2D eigenvalue weighted by Gasteiger charge is 2.55. The van der Waals surface area contributed by atoms with Crippen LogP contribution < -0.4 is 14.8 Å². The number of nitrogens with one attached hydrogen (secondary N) is 1. The topological polar surface area (TPSA) is 129 Å². The number of ether oxygens (including phenoxy) is 2. The van der Waals surface area contributed by atoms with Crippen LogP contribution in [0.1, 0.15) is 87.6 Å². The number of likely N-dealkylation sites (tertiary alicyclic amines) is 1. The number of unbranched alkanes of at least 4 members (excludes halogenated alkanes) is 1. The van der Waals surface area contributed by atoms with E-state index in [1.807, 2.05) is 36.1 Å². The zero-order valence-electron chi connectivity index (χ0n) is 26.5. The summed E-state index contributed by atoms with van der Waals surface area (Å²) in [5.74, 6) is 0.191. The third-order valence-corrected chi connectivity index (χ3v) is 9.70. The van der Waals surface area contributed by atoms with E-state index in [-0.39, 0.29) is 23.3 Å². The number of hydrogen-bond acceptors (Lipinski definition) is 7. The van der Waals surface area contributed by atoms with Crippen molar-refractivity contribution in [2.24, 2.45) is 5.92 Å². The number of hydrogen-bond donors (Lipinski definition) is 3. The quantitative estimate of drug-likeness (QED) is 0.303. The van der Waals surface area contributed by atoms with Crippen molar-refractivity contribution in [3.8, 4) is 17.2 Å². The van der Waals surface area contributed by atoms with Crippen LogP contribution in [0.5, 0.6) is 17.2 Å². The van der Waals surface area contributed by atoms with Gasteiger partial charge in [-0.2, -0.15) is 0 Å². The lowest BCUT2D eigenvalue weighted by Crippen LogP contribution is -2.75. The Bertz CT molecular complexity index is 1330. The molecule has 45 heavy (non-hydrogen) atoms. The van der Waals surface area contributed by atoms with Crippen molar-refractivity contribution in [3.05, 3.63) is 53.6 Å². The van der Waals surface area contributed by atoms with E-state index in [4.69, 9.17) is 9.47 Å². The van der Waals surface area contributed by atoms with Crippen LogP contribution in [0.4, 0.5) is 0 Å².